The summed E-state index contributed by atoms with van der Waals surface area (Å²) in [6.45, 7) is 1.09. The van der Waals surface area contributed by atoms with Crippen molar-refractivity contribution in [1.82, 2.24) is 0 Å². The van der Waals surface area contributed by atoms with E-state index in [4.69, 9.17) is 0 Å². The van der Waals surface area contributed by atoms with Crippen LogP contribution in [0.25, 0.3) is 0 Å². The van der Waals surface area contributed by atoms with Crippen molar-refractivity contribution in [2.24, 2.45) is 0 Å². The van der Waals surface area contributed by atoms with Gasteiger partial charge in [0.05, 0.1) is 0 Å². The van der Waals surface area contributed by atoms with E-state index >= 15 is 0 Å². The molecule has 2 aromatic carbocycles. The number of halogens is 13. The summed E-state index contributed by atoms with van der Waals surface area (Å²) >= 11 is -5.44. The number of rotatable bonds is 3. The zero-order valence-electron chi connectivity index (χ0n) is 16.3. The van der Waals surface area contributed by atoms with Crippen LogP contribution in [0, 0.1) is 10.5 Å². The van der Waals surface area contributed by atoms with Crippen LogP contribution >= 0.6 is 20.6 Å². The first kappa shape index (κ1) is 26.8. The van der Waals surface area contributed by atoms with Gasteiger partial charge in [-0.15, -0.1) is 0 Å². The molecule has 3 rings (SSSR count). The molecule has 2 aromatic rings. The van der Waals surface area contributed by atoms with E-state index in [9.17, 15) is 52.7 Å². The molecular weight excluding hydrogens is 615 g/mol. The number of alkyl halides is 12. The van der Waals surface area contributed by atoms with Crippen LogP contribution in [0.4, 0.5) is 52.7 Å². The van der Waals surface area contributed by atoms with E-state index in [2.05, 4.69) is 6.13 Å². The Morgan fingerprint density at radius 2 is 1.24 bits per heavy atom. The monoisotopic (exact) mass is 626 g/mol. The number of hydrogen-bond acceptors (Lipinski definition) is 2. The first-order chi connectivity index (χ1) is 15.3. The van der Waals surface area contributed by atoms with Crippen LogP contribution in [0.3, 0.4) is 0 Å². The quantitative estimate of drug-likeness (QED) is 0.255. The molecule has 0 fully saturated rings. The van der Waals surface area contributed by atoms with Gasteiger partial charge >= 0.3 is 191 Å². The van der Waals surface area contributed by atoms with Gasteiger partial charge in [-0.1, -0.05) is 0 Å². The van der Waals surface area contributed by atoms with Crippen molar-refractivity contribution in [2.75, 3.05) is 0 Å². The Morgan fingerprint density at radius 3 is 1.68 bits per heavy atom. The fraction of sp³-hybridized carbons (Fsp3) is 0.368. The standard InChI is InChI=1S/C19H11F12IO2/c1-10-7-8-13-12(9-10)15(18(26,27)28,19(29,30)31)34-32(13)33-14(16(20,21)22,17(23,24)25)11-5-3-2-4-6-11/h2-9H,1H3. The molecular formula is C19H11F12IO2. The fourth-order valence-corrected chi connectivity index (χ4v) is 7.98. The average molecular weight is 626 g/mol. The number of aryl methyl sites for hydroxylation is 1. The van der Waals surface area contributed by atoms with Gasteiger partial charge in [0.15, 0.2) is 0 Å². The summed E-state index contributed by atoms with van der Waals surface area (Å²) in [5.74, 6) is 0. The van der Waals surface area contributed by atoms with Gasteiger partial charge in [-0.25, -0.2) is 0 Å². The van der Waals surface area contributed by atoms with Gasteiger partial charge in [-0.3, -0.25) is 0 Å². The minimum absolute atomic E-state index is 0.168. The summed E-state index contributed by atoms with van der Waals surface area (Å²) < 4.78 is 174. The molecule has 0 atom stereocenters. The molecule has 2 nitrogen and oxygen atoms in total. The normalized spacial score (nSPS) is 18.2. The molecule has 0 N–H and O–H groups in total. The Balaban J connectivity index is 2.32. The molecule has 0 radical (unpaired) electrons. The minimum atomic E-state index is -6.33. The molecule has 190 valence electrons. The number of hydrogen-bond donors (Lipinski definition) is 0. The van der Waals surface area contributed by atoms with Gasteiger partial charge < -0.3 is 0 Å². The molecule has 0 unspecified atom stereocenters. The Kier molecular flexibility index (Phi) is 6.43. The molecule has 1 heterocycles. The van der Waals surface area contributed by atoms with Crippen molar-refractivity contribution >= 4 is 20.6 Å². The van der Waals surface area contributed by atoms with Crippen molar-refractivity contribution < 1.29 is 58.8 Å². The second-order valence-corrected chi connectivity index (χ2v) is 10.4. The molecule has 0 saturated heterocycles. The van der Waals surface area contributed by atoms with E-state index in [-0.39, 0.29) is 5.56 Å². The predicted octanol–water partition coefficient (Wildman–Crippen LogP) is 7.89. The predicted molar refractivity (Wildman–Crippen MR) is 100 cm³/mol. The average Bonchev–Trinajstić information content (AvgIpc) is 2.99. The van der Waals surface area contributed by atoms with Crippen LogP contribution in [-0.4, -0.2) is 24.7 Å². The van der Waals surface area contributed by atoms with E-state index in [0.717, 1.165) is 31.2 Å². The van der Waals surface area contributed by atoms with Crippen molar-refractivity contribution in [3.63, 3.8) is 0 Å². The van der Waals surface area contributed by atoms with Crippen molar-refractivity contribution in [3.05, 3.63) is 68.8 Å². The van der Waals surface area contributed by atoms with Crippen LogP contribution in [0.2, 0.25) is 0 Å². The topological polar surface area (TPSA) is 18.5 Å². The molecule has 0 aliphatic carbocycles. The van der Waals surface area contributed by atoms with E-state index in [1.807, 2.05) is 0 Å². The third kappa shape index (κ3) is 3.92. The summed E-state index contributed by atoms with van der Waals surface area (Å²) in [4.78, 5) is 0. The third-order valence-corrected chi connectivity index (χ3v) is 8.83. The van der Waals surface area contributed by atoms with Gasteiger partial charge in [0.25, 0.3) is 0 Å². The van der Waals surface area contributed by atoms with Gasteiger partial charge in [0.1, 0.15) is 0 Å². The maximum absolute atomic E-state index is 14.0. The summed E-state index contributed by atoms with van der Waals surface area (Å²) in [6, 6.07) is 5.18. The van der Waals surface area contributed by atoms with Crippen LogP contribution in [0.15, 0.2) is 48.5 Å². The maximum atomic E-state index is 14.0. The first-order valence-electron chi connectivity index (χ1n) is 8.82. The Bertz CT molecular complexity index is 1010. The Labute approximate surface area is 191 Å². The first-order valence-corrected chi connectivity index (χ1v) is 11.7. The molecule has 0 saturated carbocycles. The molecule has 0 spiro atoms. The fourth-order valence-electron chi connectivity index (χ4n) is 3.24. The summed E-state index contributed by atoms with van der Waals surface area (Å²) in [6.07, 6.45) is -25.2. The van der Waals surface area contributed by atoms with Gasteiger partial charge in [0.2, 0.25) is 0 Å². The molecule has 34 heavy (non-hydrogen) atoms. The zero-order valence-corrected chi connectivity index (χ0v) is 18.5. The molecule has 0 bridgehead atoms. The van der Waals surface area contributed by atoms with Crippen LogP contribution in [0.5, 0.6) is 0 Å². The van der Waals surface area contributed by atoms with Crippen LogP contribution < -0.4 is 0 Å². The Hall–Kier alpha value is -1.75. The van der Waals surface area contributed by atoms with E-state index in [1.54, 1.807) is 0 Å². The molecule has 1 aliphatic rings. The Morgan fingerprint density at radius 1 is 0.735 bits per heavy atom. The second-order valence-electron chi connectivity index (χ2n) is 7.07. The van der Waals surface area contributed by atoms with Crippen molar-refractivity contribution in [3.8, 4) is 0 Å². The molecule has 1 aliphatic heterocycles. The summed E-state index contributed by atoms with van der Waals surface area (Å²) in [5.41, 5.74) is -13.8. The van der Waals surface area contributed by atoms with Gasteiger partial charge in [0, 0.05) is 0 Å². The summed E-state index contributed by atoms with van der Waals surface area (Å²) in [7, 11) is 0. The van der Waals surface area contributed by atoms with Crippen molar-refractivity contribution in [2.45, 2.75) is 42.8 Å². The van der Waals surface area contributed by atoms with E-state index < -0.39 is 71.3 Å². The van der Waals surface area contributed by atoms with Gasteiger partial charge in [-0.05, 0) is 0 Å². The molecule has 0 aromatic heterocycles. The molecule has 0 amide bonds. The summed E-state index contributed by atoms with van der Waals surface area (Å²) in [5, 5.41) is 0. The van der Waals surface area contributed by atoms with Crippen molar-refractivity contribution in [1.29, 1.82) is 0 Å². The second kappa shape index (κ2) is 8.15. The van der Waals surface area contributed by atoms with E-state index in [1.165, 1.54) is 0 Å². The van der Waals surface area contributed by atoms with E-state index in [0.29, 0.717) is 24.3 Å². The van der Waals surface area contributed by atoms with Crippen LogP contribution in [0.1, 0.15) is 16.7 Å². The number of benzene rings is 2. The SMILES string of the molecule is Cc1ccc2c(c1)C(C(F)(F)F)(C(F)(F)F)OI2OC(c1ccccc1)(C(F)(F)F)C(F)(F)F. The van der Waals surface area contributed by atoms with Gasteiger partial charge in [-0.2, -0.15) is 0 Å². The van der Waals surface area contributed by atoms with Crippen LogP contribution in [-0.2, 0) is 17.3 Å². The zero-order chi connectivity index (χ0) is 26.0. The molecule has 15 heteroatoms. The number of fused-ring (bicyclic) bond motifs is 1. The third-order valence-electron chi connectivity index (χ3n) is 4.82.